The van der Waals surface area contributed by atoms with E-state index in [0.717, 1.165) is 18.8 Å². The van der Waals surface area contributed by atoms with Crippen LogP contribution < -0.4 is 4.74 Å². The van der Waals surface area contributed by atoms with Crippen molar-refractivity contribution >= 4 is 0 Å². The van der Waals surface area contributed by atoms with E-state index in [4.69, 9.17) is 4.74 Å². The molecule has 0 bridgehead atoms. The zero-order valence-electron chi connectivity index (χ0n) is 13.8. The highest BCUT2D eigenvalue weighted by Gasteiger charge is 2.39. The fourth-order valence-electron chi connectivity index (χ4n) is 3.81. The van der Waals surface area contributed by atoms with Crippen molar-refractivity contribution < 1.29 is 9.84 Å². The van der Waals surface area contributed by atoms with Crippen LogP contribution in [0.15, 0.2) is 30.5 Å². The highest BCUT2D eigenvalue weighted by molar-refractivity contribution is 5.29. The number of hydrogen-bond acceptors (Lipinski definition) is 5. The van der Waals surface area contributed by atoms with Crippen molar-refractivity contribution in [2.45, 2.75) is 50.4 Å². The number of likely N-dealkylation sites (tertiary alicyclic amines) is 1. The Labute approximate surface area is 141 Å². The van der Waals surface area contributed by atoms with Gasteiger partial charge < -0.3 is 9.84 Å². The van der Waals surface area contributed by atoms with Crippen LogP contribution >= 0.6 is 0 Å². The first kappa shape index (κ1) is 15.6. The summed E-state index contributed by atoms with van der Waals surface area (Å²) in [4.78, 5) is 2.25. The molecule has 1 aromatic carbocycles. The van der Waals surface area contributed by atoms with E-state index in [1.54, 1.807) is 6.20 Å². The predicted molar refractivity (Wildman–Crippen MR) is 89.5 cm³/mol. The maximum absolute atomic E-state index is 10.8. The lowest BCUT2D eigenvalue weighted by Gasteiger charge is -2.21. The third kappa shape index (κ3) is 3.30. The monoisotopic (exact) mass is 328 g/mol. The number of H-pyrrole nitrogens is 1. The number of hydrogen-bond donors (Lipinski definition) is 2. The molecule has 1 aliphatic heterocycles. The zero-order chi connectivity index (χ0) is 16.4. The first-order valence-corrected chi connectivity index (χ1v) is 8.78. The van der Waals surface area contributed by atoms with Crippen molar-refractivity contribution in [2.24, 2.45) is 0 Å². The van der Waals surface area contributed by atoms with Crippen LogP contribution in [0.1, 0.15) is 43.4 Å². The molecule has 6 nitrogen and oxygen atoms in total. The molecule has 2 heterocycles. The van der Waals surface area contributed by atoms with Crippen molar-refractivity contribution in [1.29, 1.82) is 0 Å². The summed E-state index contributed by atoms with van der Waals surface area (Å²) in [6.07, 6.45) is 7.56. The number of aliphatic hydroxyl groups is 1. The minimum Gasteiger partial charge on any atom is -0.490 e. The minimum absolute atomic E-state index is 0.379. The molecule has 0 amide bonds. The van der Waals surface area contributed by atoms with E-state index in [9.17, 15) is 5.11 Å². The van der Waals surface area contributed by atoms with Crippen molar-refractivity contribution in [3.05, 3.63) is 41.7 Å². The molecule has 1 unspecified atom stereocenters. The van der Waals surface area contributed by atoms with Gasteiger partial charge in [0.05, 0.1) is 12.3 Å². The molecule has 2 aliphatic rings. The van der Waals surface area contributed by atoms with Gasteiger partial charge in [-0.25, -0.2) is 0 Å². The van der Waals surface area contributed by atoms with E-state index in [2.05, 4.69) is 38.5 Å². The van der Waals surface area contributed by atoms with Gasteiger partial charge >= 0.3 is 0 Å². The smallest absolute Gasteiger partial charge is 0.124 e. The maximum Gasteiger partial charge on any atom is 0.124 e. The summed E-state index contributed by atoms with van der Waals surface area (Å²) in [6, 6.07) is 8.35. The van der Waals surface area contributed by atoms with Crippen molar-refractivity contribution in [2.75, 3.05) is 13.1 Å². The molecule has 24 heavy (non-hydrogen) atoms. The van der Waals surface area contributed by atoms with Crippen LogP contribution in [0.25, 0.3) is 0 Å². The van der Waals surface area contributed by atoms with Gasteiger partial charge in [-0.05, 0) is 49.8 Å². The molecule has 6 heteroatoms. The second-order valence-electron chi connectivity index (χ2n) is 7.02. The van der Waals surface area contributed by atoms with Crippen LogP contribution in [0.3, 0.4) is 0 Å². The van der Waals surface area contributed by atoms with E-state index in [1.165, 1.54) is 31.2 Å². The van der Waals surface area contributed by atoms with Crippen LogP contribution in [-0.4, -0.2) is 44.6 Å². The highest BCUT2D eigenvalue weighted by atomic mass is 16.5. The zero-order valence-corrected chi connectivity index (χ0v) is 13.8. The summed E-state index contributed by atoms with van der Waals surface area (Å²) in [5, 5.41) is 21.2. The summed E-state index contributed by atoms with van der Waals surface area (Å²) in [7, 11) is 0. The first-order chi connectivity index (χ1) is 11.7. The van der Waals surface area contributed by atoms with Gasteiger partial charge in [0.25, 0.3) is 0 Å². The van der Waals surface area contributed by atoms with Crippen LogP contribution in [0, 0.1) is 0 Å². The molecule has 4 rings (SSSR count). The van der Waals surface area contributed by atoms with E-state index < -0.39 is 5.60 Å². The molecule has 1 aliphatic carbocycles. The first-order valence-electron chi connectivity index (χ1n) is 8.78. The van der Waals surface area contributed by atoms with Crippen molar-refractivity contribution in [3.63, 3.8) is 0 Å². The van der Waals surface area contributed by atoms with Crippen molar-refractivity contribution in [3.8, 4) is 5.75 Å². The Morgan fingerprint density at radius 3 is 3.00 bits per heavy atom. The van der Waals surface area contributed by atoms with Crippen LogP contribution in [0.5, 0.6) is 5.75 Å². The Balaban J connectivity index is 1.39. The topological polar surface area (TPSA) is 74.3 Å². The highest BCUT2D eigenvalue weighted by Crippen LogP contribution is 2.31. The average Bonchev–Trinajstić information content (AvgIpc) is 3.30. The quantitative estimate of drug-likeness (QED) is 0.880. The number of aromatic nitrogens is 3. The molecular formula is C18H24N4O2. The molecular weight excluding hydrogens is 304 g/mol. The number of β-amino-alcohol motifs (C(OH)–C–C–N with tert-alkyl or cyclic N) is 1. The molecule has 2 N–H and O–H groups in total. The van der Waals surface area contributed by atoms with Gasteiger partial charge in [0.15, 0.2) is 0 Å². The van der Waals surface area contributed by atoms with E-state index >= 15 is 0 Å². The Morgan fingerprint density at radius 1 is 1.33 bits per heavy atom. The second-order valence-corrected chi connectivity index (χ2v) is 7.02. The molecule has 0 spiro atoms. The number of nitrogens with one attached hydrogen (secondary N) is 1. The van der Waals surface area contributed by atoms with Gasteiger partial charge in [-0.15, -0.1) is 0 Å². The largest absolute Gasteiger partial charge is 0.490 e. The standard InChI is InChI=1S/C18H24N4O2/c23-18(17-11-19-21-20-17)8-9-22(13-18)12-14-4-3-7-16(10-14)24-15-5-1-2-6-15/h3-4,7,10-11,15,23H,1-2,5-6,8-9,12-13H2,(H,19,20,21). The lowest BCUT2D eigenvalue weighted by atomic mass is 10.00. The number of rotatable bonds is 5. The summed E-state index contributed by atoms with van der Waals surface area (Å²) in [5.41, 5.74) is 0.948. The SMILES string of the molecule is OC1(c2cn[nH]n2)CCN(Cc2cccc(OC3CCCC3)c2)C1. The summed E-state index contributed by atoms with van der Waals surface area (Å²) in [6.45, 7) is 2.23. The molecule has 1 aromatic heterocycles. The van der Waals surface area contributed by atoms with Crippen LogP contribution in [-0.2, 0) is 12.1 Å². The number of aromatic amines is 1. The number of nitrogens with zero attached hydrogens (tertiary/aromatic N) is 3. The van der Waals surface area contributed by atoms with Gasteiger partial charge in [0.1, 0.15) is 17.0 Å². The Hall–Kier alpha value is -1.92. The van der Waals surface area contributed by atoms with Gasteiger partial charge in [-0.2, -0.15) is 15.4 Å². The Morgan fingerprint density at radius 2 is 2.21 bits per heavy atom. The minimum atomic E-state index is -0.898. The third-order valence-electron chi connectivity index (χ3n) is 5.13. The molecule has 128 valence electrons. The molecule has 2 fully saturated rings. The van der Waals surface area contributed by atoms with E-state index in [-0.39, 0.29) is 0 Å². The summed E-state index contributed by atoms with van der Waals surface area (Å²) in [5.74, 6) is 0.963. The van der Waals surface area contributed by atoms with Gasteiger partial charge in [-0.1, -0.05) is 12.1 Å². The average molecular weight is 328 g/mol. The second kappa shape index (κ2) is 6.53. The Bertz CT molecular complexity index is 669. The predicted octanol–water partition coefficient (Wildman–Crippen LogP) is 2.22. The van der Waals surface area contributed by atoms with Crippen LogP contribution in [0.4, 0.5) is 0 Å². The van der Waals surface area contributed by atoms with Crippen molar-refractivity contribution in [1.82, 2.24) is 20.3 Å². The maximum atomic E-state index is 10.8. The Kier molecular flexibility index (Phi) is 4.24. The molecule has 1 saturated carbocycles. The fourth-order valence-corrected chi connectivity index (χ4v) is 3.81. The molecule has 0 radical (unpaired) electrons. The third-order valence-corrected chi connectivity index (χ3v) is 5.13. The van der Waals surface area contributed by atoms with Gasteiger partial charge in [-0.3, -0.25) is 4.90 Å². The lowest BCUT2D eigenvalue weighted by Crippen LogP contribution is -2.31. The van der Waals surface area contributed by atoms with E-state index in [0.29, 0.717) is 24.8 Å². The lowest BCUT2D eigenvalue weighted by molar-refractivity contribution is 0.0408. The van der Waals surface area contributed by atoms with Gasteiger partial charge in [0, 0.05) is 19.6 Å². The number of benzene rings is 1. The number of ether oxygens (including phenoxy) is 1. The fraction of sp³-hybridized carbons (Fsp3) is 0.556. The van der Waals surface area contributed by atoms with E-state index in [1.807, 2.05) is 6.07 Å². The van der Waals surface area contributed by atoms with Crippen LogP contribution in [0.2, 0.25) is 0 Å². The molecule has 2 aromatic rings. The normalized spacial score (nSPS) is 25.4. The summed E-state index contributed by atoms with van der Waals surface area (Å²) >= 11 is 0. The van der Waals surface area contributed by atoms with Gasteiger partial charge in [0.2, 0.25) is 0 Å². The molecule has 1 saturated heterocycles. The summed E-state index contributed by atoms with van der Waals surface area (Å²) < 4.78 is 6.09. The molecule has 1 atom stereocenters.